The number of halogens is 1. The molecule has 0 atom stereocenters. The van der Waals surface area contributed by atoms with Crippen LogP contribution < -0.4 is 14.8 Å². The Morgan fingerprint density at radius 2 is 1.71 bits per heavy atom. The van der Waals surface area contributed by atoms with Crippen molar-refractivity contribution in [2.24, 2.45) is 5.73 Å². The summed E-state index contributed by atoms with van der Waals surface area (Å²) in [6.45, 7) is 1.90. The summed E-state index contributed by atoms with van der Waals surface area (Å²) in [5, 5.41) is 0.0257. The van der Waals surface area contributed by atoms with Crippen molar-refractivity contribution in [3.8, 4) is 5.75 Å². The molecule has 0 fully saturated rings. The monoisotopic (exact) mass is 458 g/mol. The highest BCUT2D eigenvalue weighted by molar-refractivity contribution is 7.92. The fourth-order valence-corrected chi connectivity index (χ4v) is 4.60. The fourth-order valence-electron chi connectivity index (χ4n) is 2.91. The van der Waals surface area contributed by atoms with Gasteiger partial charge in [-0.05, 0) is 55.5 Å². The molecule has 9 heteroatoms. The van der Waals surface area contributed by atoms with E-state index in [0.717, 1.165) is 0 Å². The minimum absolute atomic E-state index is 0.0257. The van der Waals surface area contributed by atoms with Crippen molar-refractivity contribution in [1.29, 1.82) is 0 Å². The number of nitrogens with two attached hydrogens (primary N) is 1. The first-order valence-corrected chi connectivity index (χ1v) is 11.0. The molecule has 0 aliphatic carbocycles. The summed E-state index contributed by atoms with van der Waals surface area (Å²) in [5.74, 6) is -1.47. The molecule has 0 aliphatic rings. The van der Waals surface area contributed by atoms with Crippen molar-refractivity contribution in [3.05, 3.63) is 88.9 Å². The summed E-state index contributed by atoms with van der Waals surface area (Å²) in [6, 6.07) is 18.2. The number of esters is 1. The Kier molecular flexibility index (Phi) is 6.62. The van der Waals surface area contributed by atoms with Gasteiger partial charge in [0.15, 0.2) is 0 Å². The largest absolute Gasteiger partial charge is 0.423 e. The Morgan fingerprint density at radius 3 is 2.35 bits per heavy atom. The molecule has 0 spiro atoms. The van der Waals surface area contributed by atoms with Gasteiger partial charge in [0, 0.05) is 12.1 Å². The van der Waals surface area contributed by atoms with Crippen LogP contribution >= 0.6 is 11.6 Å². The van der Waals surface area contributed by atoms with Crippen molar-refractivity contribution in [3.63, 3.8) is 0 Å². The van der Waals surface area contributed by atoms with Gasteiger partial charge in [-0.3, -0.25) is 9.10 Å². The lowest BCUT2D eigenvalue weighted by Crippen LogP contribution is -2.31. The Labute approximate surface area is 185 Å². The standard InChI is InChI=1S/C22H19ClN2O5S/c1-2-25(16-8-4-3-5-9-16)31(28,29)18-11-12-20(23)19(14-18)22(27)30-17-10-6-7-15(13-17)21(24)26/h3-14H,2H2,1H3,(H2,24,26). The first-order valence-electron chi connectivity index (χ1n) is 9.23. The molecule has 0 heterocycles. The van der Waals surface area contributed by atoms with E-state index in [1.54, 1.807) is 37.3 Å². The smallest absolute Gasteiger partial charge is 0.345 e. The third-order valence-electron chi connectivity index (χ3n) is 4.41. The number of anilines is 1. The lowest BCUT2D eigenvalue weighted by atomic mass is 10.2. The molecule has 2 N–H and O–H groups in total. The van der Waals surface area contributed by atoms with Crippen molar-refractivity contribution >= 4 is 39.2 Å². The van der Waals surface area contributed by atoms with E-state index in [4.69, 9.17) is 22.1 Å². The van der Waals surface area contributed by atoms with Crippen LogP contribution in [0.2, 0.25) is 5.02 Å². The third kappa shape index (κ3) is 4.87. The minimum atomic E-state index is -3.96. The minimum Gasteiger partial charge on any atom is -0.423 e. The molecule has 3 rings (SSSR count). The second-order valence-electron chi connectivity index (χ2n) is 6.43. The van der Waals surface area contributed by atoms with Gasteiger partial charge < -0.3 is 10.5 Å². The molecule has 0 unspecified atom stereocenters. The molecule has 3 aromatic carbocycles. The van der Waals surface area contributed by atoms with Gasteiger partial charge in [0.1, 0.15) is 5.75 Å². The van der Waals surface area contributed by atoms with E-state index in [1.807, 2.05) is 0 Å². The molecule has 0 bridgehead atoms. The van der Waals surface area contributed by atoms with Gasteiger partial charge >= 0.3 is 5.97 Å². The molecule has 0 aliphatic heterocycles. The van der Waals surface area contributed by atoms with Crippen LogP contribution in [0.25, 0.3) is 0 Å². The number of rotatable bonds is 7. The van der Waals surface area contributed by atoms with Crippen molar-refractivity contribution in [2.45, 2.75) is 11.8 Å². The van der Waals surface area contributed by atoms with E-state index >= 15 is 0 Å². The second-order valence-corrected chi connectivity index (χ2v) is 8.70. The van der Waals surface area contributed by atoms with Gasteiger partial charge in [0.25, 0.3) is 10.0 Å². The highest BCUT2D eigenvalue weighted by atomic mass is 35.5. The number of carbonyl (C=O) groups is 2. The SMILES string of the molecule is CCN(c1ccccc1)S(=O)(=O)c1ccc(Cl)c(C(=O)Oc2cccc(C(N)=O)c2)c1. The van der Waals surface area contributed by atoms with Crippen LogP contribution in [0.4, 0.5) is 5.69 Å². The van der Waals surface area contributed by atoms with E-state index in [2.05, 4.69) is 0 Å². The molecule has 0 aromatic heterocycles. The normalized spacial score (nSPS) is 11.0. The lowest BCUT2D eigenvalue weighted by Gasteiger charge is -2.23. The summed E-state index contributed by atoms with van der Waals surface area (Å²) in [4.78, 5) is 23.9. The molecule has 0 radical (unpaired) electrons. The molecule has 7 nitrogen and oxygen atoms in total. The Morgan fingerprint density at radius 1 is 1.00 bits per heavy atom. The summed E-state index contributed by atoms with van der Waals surface area (Å²) in [6.07, 6.45) is 0. The highest BCUT2D eigenvalue weighted by Gasteiger charge is 2.26. The number of hydrogen-bond donors (Lipinski definition) is 1. The number of carbonyl (C=O) groups excluding carboxylic acids is 2. The molecular formula is C22H19ClN2O5S. The number of primary amides is 1. The number of amides is 1. The highest BCUT2D eigenvalue weighted by Crippen LogP contribution is 2.27. The maximum Gasteiger partial charge on any atom is 0.345 e. The average molecular weight is 459 g/mol. The predicted molar refractivity (Wildman–Crippen MR) is 118 cm³/mol. The van der Waals surface area contributed by atoms with Crippen LogP contribution in [-0.2, 0) is 10.0 Å². The number of nitrogens with zero attached hydrogens (tertiary/aromatic N) is 1. The summed E-state index contributed by atoms with van der Waals surface area (Å²) in [5.41, 5.74) is 5.76. The molecule has 0 saturated heterocycles. The van der Waals surface area contributed by atoms with Crippen molar-refractivity contribution < 1.29 is 22.7 Å². The second kappa shape index (κ2) is 9.20. The Hall–Kier alpha value is -3.36. The van der Waals surface area contributed by atoms with Crippen LogP contribution in [0.1, 0.15) is 27.6 Å². The molecule has 3 aromatic rings. The average Bonchev–Trinajstić information content (AvgIpc) is 2.75. The fraction of sp³-hybridized carbons (Fsp3) is 0.0909. The van der Waals surface area contributed by atoms with E-state index in [1.165, 1.54) is 46.8 Å². The zero-order valence-electron chi connectivity index (χ0n) is 16.5. The van der Waals surface area contributed by atoms with Crippen LogP contribution in [-0.4, -0.2) is 26.8 Å². The van der Waals surface area contributed by atoms with Crippen LogP contribution in [0.5, 0.6) is 5.75 Å². The van der Waals surface area contributed by atoms with Crippen molar-refractivity contribution in [1.82, 2.24) is 0 Å². The van der Waals surface area contributed by atoms with Crippen LogP contribution in [0, 0.1) is 0 Å². The molecule has 1 amide bonds. The number of ether oxygens (including phenoxy) is 1. The predicted octanol–water partition coefficient (Wildman–Crippen LogP) is 3.87. The molecule has 31 heavy (non-hydrogen) atoms. The van der Waals surface area contributed by atoms with E-state index < -0.39 is 21.9 Å². The first-order chi connectivity index (χ1) is 14.7. The van der Waals surface area contributed by atoms with Gasteiger partial charge in [0.05, 0.1) is 21.2 Å². The van der Waals surface area contributed by atoms with Gasteiger partial charge in [0.2, 0.25) is 5.91 Å². The van der Waals surface area contributed by atoms with Crippen LogP contribution in [0.15, 0.2) is 77.7 Å². The molecule has 160 valence electrons. The first kappa shape index (κ1) is 22.3. The summed E-state index contributed by atoms with van der Waals surface area (Å²) >= 11 is 6.14. The quantitative estimate of drug-likeness (QED) is 0.427. The maximum atomic E-state index is 13.2. The summed E-state index contributed by atoms with van der Waals surface area (Å²) < 4.78 is 32.9. The lowest BCUT2D eigenvalue weighted by molar-refractivity contribution is 0.0733. The molecular weight excluding hydrogens is 440 g/mol. The van der Waals surface area contributed by atoms with Gasteiger partial charge in [-0.15, -0.1) is 0 Å². The number of hydrogen-bond acceptors (Lipinski definition) is 5. The molecule has 0 saturated carbocycles. The van der Waals surface area contributed by atoms with Gasteiger partial charge in [-0.25, -0.2) is 13.2 Å². The topological polar surface area (TPSA) is 107 Å². The maximum absolute atomic E-state index is 13.2. The third-order valence-corrected chi connectivity index (χ3v) is 6.63. The number of sulfonamides is 1. The van der Waals surface area contributed by atoms with Crippen LogP contribution in [0.3, 0.4) is 0 Å². The van der Waals surface area contributed by atoms with Gasteiger partial charge in [-0.1, -0.05) is 35.9 Å². The van der Waals surface area contributed by atoms with Crippen molar-refractivity contribution in [2.75, 3.05) is 10.8 Å². The summed E-state index contributed by atoms with van der Waals surface area (Å²) in [7, 11) is -3.96. The van der Waals surface area contributed by atoms with E-state index in [0.29, 0.717) is 5.69 Å². The number of para-hydroxylation sites is 1. The zero-order valence-corrected chi connectivity index (χ0v) is 18.1. The van der Waals surface area contributed by atoms with E-state index in [9.17, 15) is 18.0 Å². The Balaban J connectivity index is 1.95. The zero-order chi connectivity index (χ0) is 22.6. The number of benzene rings is 3. The van der Waals surface area contributed by atoms with E-state index in [-0.39, 0.29) is 33.3 Å². The van der Waals surface area contributed by atoms with Gasteiger partial charge in [-0.2, -0.15) is 0 Å². The Bertz CT molecular complexity index is 1230.